The van der Waals surface area contributed by atoms with Crippen molar-refractivity contribution in [2.45, 2.75) is 18.8 Å². The fraction of sp³-hybridized carbons (Fsp3) is 1.00. The molecule has 0 bridgehead atoms. The minimum absolute atomic E-state index is 0.0599. The quantitative estimate of drug-likeness (QED) is 0.533. The van der Waals surface area contributed by atoms with Crippen LogP contribution in [0.15, 0.2) is 0 Å². The van der Waals surface area contributed by atoms with Crippen molar-refractivity contribution in [1.82, 2.24) is 0 Å². The Morgan fingerprint density at radius 2 is 2.30 bits per heavy atom. The topological polar surface area (TPSA) is 58.9 Å². The molecular formula is C6H12O4. The lowest BCUT2D eigenvalue weighted by Crippen LogP contribution is -2.31. The van der Waals surface area contributed by atoms with Gasteiger partial charge in [-0.15, -0.1) is 0 Å². The van der Waals surface area contributed by atoms with Crippen LogP contribution in [-0.4, -0.2) is 41.9 Å². The number of aliphatic hydroxyl groups excluding tert-OH is 2. The first-order valence-corrected chi connectivity index (χ1v) is 3.24. The summed E-state index contributed by atoms with van der Waals surface area (Å²) in [6.07, 6.45) is -0.280. The van der Waals surface area contributed by atoms with E-state index in [0.717, 1.165) is 0 Å². The Morgan fingerprint density at radius 1 is 1.60 bits per heavy atom. The molecule has 60 valence electrons. The normalized spacial score (nSPS) is 40.5. The number of ether oxygens (including phenoxy) is 2. The highest BCUT2D eigenvalue weighted by atomic mass is 16.8. The maximum atomic E-state index is 8.71. The van der Waals surface area contributed by atoms with Gasteiger partial charge in [-0.25, -0.2) is 0 Å². The highest BCUT2D eigenvalue weighted by Gasteiger charge is 2.35. The molecule has 0 radical (unpaired) electrons. The Hall–Kier alpha value is -0.160. The van der Waals surface area contributed by atoms with Gasteiger partial charge in [0.05, 0.1) is 19.8 Å². The van der Waals surface area contributed by atoms with Crippen molar-refractivity contribution >= 4 is 0 Å². The molecule has 1 heterocycles. The summed E-state index contributed by atoms with van der Waals surface area (Å²) in [5, 5.41) is 17.3. The first-order chi connectivity index (χ1) is 4.70. The Bertz CT molecular complexity index is 116. The van der Waals surface area contributed by atoms with Crippen LogP contribution in [0.3, 0.4) is 0 Å². The van der Waals surface area contributed by atoms with E-state index in [0.29, 0.717) is 6.61 Å². The van der Waals surface area contributed by atoms with Crippen LogP contribution in [0.5, 0.6) is 0 Å². The molecule has 0 saturated carbocycles. The lowest BCUT2D eigenvalue weighted by molar-refractivity contribution is -0.181. The average molecular weight is 148 g/mol. The molecule has 1 rings (SSSR count). The second-order valence-corrected chi connectivity index (χ2v) is 2.53. The van der Waals surface area contributed by atoms with E-state index < -0.39 is 5.79 Å². The third-order valence-electron chi connectivity index (χ3n) is 1.48. The van der Waals surface area contributed by atoms with E-state index >= 15 is 0 Å². The minimum atomic E-state index is -0.895. The third kappa shape index (κ3) is 1.46. The maximum Gasteiger partial charge on any atom is 0.189 e. The van der Waals surface area contributed by atoms with Crippen LogP contribution in [-0.2, 0) is 9.47 Å². The van der Waals surface area contributed by atoms with E-state index in [2.05, 4.69) is 0 Å². The van der Waals surface area contributed by atoms with Crippen LogP contribution in [0.1, 0.15) is 6.92 Å². The van der Waals surface area contributed by atoms with Gasteiger partial charge in [0, 0.05) is 0 Å². The first-order valence-electron chi connectivity index (χ1n) is 3.24. The van der Waals surface area contributed by atoms with Crippen molar-refractivity contribution in [2.75, 3.05) is 19.8 Å². The minimum Gasteiger partial charge on any atom is -0.394 e. The van der Waals surface area contributed by atoms with Crippen molar-refractivity contribution in [1.29, 1.82) is 0 Å². The van der Waals surface area contributed by atoms with E-state index in [1.807, 2.05) is 0 Å². The molecule has 1 fully saturated rings. The van der Waals surface area contributed by atoms with Gasteiger partial charge in [-0.2, -0.15) is 0 Å². The molecule has 1 saturated heterocycles. The molecular weight excluding hydrogens is 136 g/mol. The van der Waals surface area contributed by atoms with E-state index in [1.54, 1.807) is 6.92 Å². The summed E-state index contributed by atoms with van der Waals surface area (Å²) in [5.74, 6) is -0.895. The lowest BCUT2D eigenvalue weighted by Gasteiger charge is -2.19. The highest BCUT2D eigenvalue weighted by Crippen LogP contribution is 2.21. The molecule has 2 atom stereocenters. The molecule has 2 N–H and O–H groups in total. The SMILES string of the molecule is CC1(CO)OCC(CO)O1. The van der Waals surface area contributed by atoms with Gasteiger partial charge >= 0.3 is 0 Å². The monoisotopic (exact) mass is 148 g/mol. The summed E-state index contributed by atoms with van der Waals surface area (Å²) in [4.78, 5) is 0. The van der Waals surface area contributed by atoms with Gasteiger partial charge in [-0.05, 0) is 6.92 Å². The number of aliphatic hydroxyl groups is 2. The molecule has 0 aromatic rings. The number of rotatable bonds is 2. The third-order valence-corrected chi connectivity index (χ3v) is 1.48. The second kappa shape index (κ2) is 2.84. The van der Waals surface area contributed by atoms with E-state index in [-0.39, 0.29) is 19.3 Å². The van der Waals surface area contributed by atoms with Crippen LogP contribution in [0.4, 0.5) is 0 Å². The fourth-order valence-corrected chi connectivity index (χ4v) is 0.863. The predicted molar refractivity (Wildman–Crippen MR) is 33.4 cm³/mol. The molecule has 0 aliphatic carbocycles. The summed E-state index contributed by atoms with van der Waals surface area (Å²) in [6, 6.07) is 0. The van der Waals surface area contributed by atoms with Gasteiger partial charge in [0.1, 0.15) is 6.10 Å². The van der Waals surface area contributed by atoms with Crippen molar-refractivity contribution in [3.8, 4) is 0 Å². The van der Waals surface area contributed by atoms with Gasteiger partial charge < -0.3 is 19.7 Å². The van der Waals surface area contributed by atoms with Gasteiger partial charge in [-0.3, -0.25) is 0 Å². The number of hydrogen-bond acceptors (Lipinski definition) is 4. The van der Waals surface area contributed by atoms with Gasteiger partial charge in [0.2, 0.25) is 0 Å². The van der Waals surface area contributed by atoms with Crippen molar-refractivity contribution in [3.63, 3.8) is 0 Å². The summed E-state index contributed by atoms with van der Waals surface area (Å²) < 4.78 is 10.2. The first kappa shape index (κ1) is 7.94. The standard InChI is InChI=1S/C6H12O4/c1-6(4-8)9-3-5(2-7)10-6/h5,7-8H,2-4H2,1H3. The summed E-state index contributed by atoms with van der Waals surface area (Å²) in [5.41, 5.74) is 0. The Kier molecular flexibility index (Phi) is 2.25. The molecule has 0 aromatic heterocycles. The van der Waals surface area contributed by atoms with Crippen molar-refractivity contribution < 1.29 is 19.7 Å². The lowest BCUT2D eigenvalue weighted by atomic mass is 10.3. The van der Waals surface area contributed by atoms with Crippen LogP contribution in [0.25, 0.3) is 0 Å². The second-order valence-electron chi connectivity index (χ2n) is 2.53. The molecule has 4 nitrogen and oxygen atoms in total. The molecule has 0 aromatic carbocycles. The molecule has 10 heavy (non-hydrogen) atoms. The maximum absolute atomic E-state index is 8.71. The molecule has 2 unspecified atom stereocenters. The predicted octanol–water partition coefficient (Wildman–Crippen LogP) is -0.897. The molecule has 0 spiro atoms. The van der Waals surface area contributed by atoms with Crippen molar-refractivity contribution in [3.05, 3.63) is 0 Å². The van der Waals surface area contributed by atoms with Crippen LogP contribution < -0.4 is 0 Å². The Balaban J connectivity index is 2.41. The highest BCUT2D eigenvalue weighted by molar-refractivity contribution is 4.72. The average Bonchev–Trinajstić information content (AvgIpc) is 2.33. The largest absolute Gasteiger partial charge is 0.394 e. The molecule has 4 heteroatoms. The van der Waals surface area contributed by atoms with Crippen LogP contribution >= 0.6 is 0 Å². The van der Waals surface area contributed by atoms with Crippen molar-refractivity contribution in [2.24, 2.45) is 0 Å². The Labute approximate surface area is 59.4 Å². The van der Waals surface area contributed by atoms with Gasteiger partial charge in [0.25, 0.3) is 0 Å². The Morgan fingerprint density at radius 3 is 2.60 bits per heavy atom. The zero-order valence-corrected chi connectivity index (χ0v) is 5.91. The molecule has 1 aliphatic rings. The van der Waals surface area contributed by atoms with Gasteiger partial charge in [-0.1, -0.05) is 0 Å². The van der Waals surface area contributed by atoms with Crippen LogP contribution in [0, 0.1) is 0 Å². The molecule has 1 aliphatic heterocycles. The zero-order chi connectivity index (χ0) is 7.61. The van der Waals surface area contributed by atoms with Gasteiger partial charge in [0.15, 0.2) is 5.79 Å². The summed E-state index contributed by atoms with van der Waals surface area (Å²) in [7, 11) is 0. The van der Waals surface area contributed by atoms with E-state index in [9.17, 15) is 0 Å². The smallest absolute Gasteiger partial charge is 0.189 e. The summed E-state index contributed by atoms with van der Waals surface area (Å²) >= 11 is 0. The molecule has 0 amide bonds. The fourth-order valence-electron chi connectivity index (χ4n) is 0.863. The van der Waals surface area contributed by atoms with E-state index in [4.69, 9.17) is 19.7 Å². The zero-order valence-electron chi connectivity index (χ0n) is 5.91. The van der Waals surface area contributed by atoms with E-state index in [1.165, 1.54) is 0 Å². The summed E-state index contributed by atoms with van der Waals surface area (Å²) in [6.45, 7) is 1.76. The van der Waals surface area contributed by atoms with Crippen LogP contribution in [0.2, 0.25) is 0 Å². The number of hydrogen-bond donors (Lipinski definition) is 2.